The lowest BCUT2D eigenvalue weighted by atomic mass is 10.2. The van der Waals surface area contributed by atoms with E-state index in [9.17, 15) is 13.2 Å². The summed E-state index contributed by atoms with van der Waals surface area (Å²) in [6, 6.07) is 1.41. The Morgan fingerprint density at radius 3 is 2.43 bits per heavy atom. The van der Waals surface area contributed by atoms with Gasteiger partial charge in [-0.25, -0.2) is 9.97 Å². The summed E-state index contributed by atoms with van der Waals surface area (Å²) in [5.74, 6) is -1.12. The molecule has 1 saturated carbocycles. The SMILES string of the molecule is Nc1cc(C2CC2)nc(C(F)(F)F)n1. The fourth-order valence-electron chi connectivity index (χ4n) is 1.20. The highest BCUT2D eigenvalue weighted by Crippen LogP contribution is 2.40. The van der Waals surface area contributed by atoms with Gasteiger partial charge >= 0.3 is 6.18 Å². The summed E-state index contributed by atoms with van der Waals surface area (Å²) in [6.07, 6.45) is -2.75. The van der Waals surface area contributed by atoms with Crippen molar-refractivity contribution >= 4 is 5.82 Å². The van der Waals surface area contributed by atoms with Crippen LogP contribution in [0.2, 0.25) is 0 Å². The number of anilines is 1. The summed E-state index contributed by atoms with van der Waals surface area (Å²) in [5.41, 5.74) is 5.68. The molecule has 6 heteroatoms. The monoisotopic (exact) mass is 203 g/mol. The Hall–Kier alpha value is -1.33. The van der Waals surface area contributed by atoms with Gasteiger partial charge in [-0.3, -0.25) is 0 Å². The van der Waals surface area contributed by atoms with Gasteiger partial charge < -0.3 is 5.73 Å². The molecule has 3 nitrogen and oxygen atoms in total. The van der Waals surface area contributed by atoms with E-state index in [0.717, 1.165) is 12.8 Å². The molecule has 0 aromatic carbocycles. The molecule has 0 atom stereocenters. The van der Waals surface area contributed by atoms with Crippen LogP contribution >= 0.6 is 0 Å². The van der Waals surface area contributed by atoms with Crippen molar-refractivity contribution < 1.29 is 13.2 Å². The van der Waals surface area contributed by atoms with E-state index in [1.807, 2.05) is 0 Å². The highest BCUT2D eigenvalue weighted by Gasteiger charge is 2.36. The Morgan fingerprint density at radius 1 is 1.29 bits per heavy atom. The molecule has 1 fully saturated rings. The molecule has 1 aromatic heterocycles. The third-order valence-electron chi connectivity index (χ3n) is 2.01. The lowest BCUT2D eigenvalue weighted by Gasteiger charge is -2.07. The molecule has 0 bridgehead atoms. The first kappa shape index (κ1) is 9.23. The molecular formula is C8H8F3N3. The topological polar surface area (TPSA) is 51.8 Å². The summed E-state index contributed by atoms with van der Waals surface area (Å²) in [7, 11) is 0. The van der Waals surface area contributed by atoms with E-state index in [1.165, 1.54) is 6.07 Å². The van der Waals surface area contributed by atoms with Gasteiger partial charge in [-0.15, -0.1) is 0 Å². The van der Waals surface area contributed by atoms with Gasteiger partial charge in [0.25, 0.3) is 0 Å². The van der Waals surface area contributed by atoms with E-state index in [1.54, 1.807) is 0 Å². The van der Waals surface area contributed by atoms with Gasteiger partial charge in [-0.1, -0.05) is 0 Å². The Morgan fingerprint density at radius 2 is 1.93 bits per heavy atom. The first-order valence-corrected chi connectivity index (χ1v) is 4.18. The standard InChI is InChI=1S/C8H8F3N3/c9-8(10,11)7-13-5(4-1-2-4)3-6(12)14-7/h3-4H,1-2H2,(H2,12,13,14). The number of nitrogens with zero attached hydrogens (tertiary/aromatic N) is 2. The molecule has 0 radical (unpaired) electrons. The van der Waals surface area contributed by atoms with Crippen LogP contribution in [0.3, 0.4) is 0 Å². The molecule has 14 heavy (non-hydrogen) atoms. The second kappa shape index (κ2) is 2.83. The van der Waals surface area contributed by atoms with E-state index < -0.39 is 12.0 Å². The van der Waals surface area contributed by atoms with Gasteiger partial charge in [0, 0.05) is 17.7 Å². The average molecular weight is 203 g/mol. The van der Waals surface area contributed by atoms with E-state index in [4.69, 9.17) is 5.73 Å². The minimum absolute atomic E-state index is 0.116. The molecule has 0 amide bonds. The van der Waals surface area contributed by atoms with Gasteiger partial charge in [0.1, 0.15) is 5.82 Å². The smallest absolute Gasteiger partial charge is 0.384 e. The Bertz CT molecular complexity index is 357. The summed E-state index contributed by atoms with van der Waals surface area (Å²) in [6.45, 7) is 0. The van der Waals surface area contributed by atoms with Crippen molar-refractivity contribution in [3.63, 3.8) is 0 Å². The maximum Gasteiger partial charge on any atom is 0.451 e. The molecular weight excluding hydrogens is 195 g/mol. The van der Waals surface area contributed by atoms with Crippen molar-refractivity contribution in [1.82, 2.24) is 9.97 Å². The molecule has 0 spiro atoms. The van der Waals surface area contributed by atoms with E-state index in [0.29, 0.717) is 5.69 Å². The molecule has 1 aliphatic carbocycles. The zero-order chi connectivity index (χ0) is 10.3. The molecule has 0 aliphatic heterocycles. The van der Waals surface area contributed by atoms with Crippen LogP contribution in [-0.2, 0) is 6.18 Å². The van der Waals surface area contributed by atoms with Crippen LogP contribution in [-0.4, -0.2) is 9.97 Å². The van der Waals surface area contributed by atoms with E-state index in [2.05, 4.69) is 9.97 Å². The van der Waals surface area contributed by atoms with Gasteiger partial charge in [-0.05, 0) is 12.8 Å². The van der Waals surface area contributed by atoms with E-state index in [-0.39, 0.29) is 11.7 Å². The lowest BCUT2D eigenvalue weighted by molar-refractivity contribution is -0.145. The van der Waals surface area contributed by atoms with Gasteiger partial charge in [-0.2, -0.15) is 13.2 Å². The normalized spacial score (nSPS) is 17.1. The second-order valence-electron chi connectivity index (χ2n) is 3.31. The van der Waals surface area contributed by atoms with E-state index >= 15 is 0 Å². The molecule has 1 heterocycles. The number of aromatic nitrogens is 2. The molecule has 1 aromatic rings. The number of rotatable bonds is 1. The minimum Gasteiger partial charge on any atom is -0.384 e. The molecule has 0 saturated heterocycles. The number of alkyl halides is 3. The van der Waals surface area contributed by atoms with Crippen LogP contribution < -0.4 is 5.73 Å². The van der Waals surface area contributed by atoms with Gasteiger partial charge in [0.15, 0.2) is 0 Å². The molecule has 0 unspecified atom stereocenters. The zero-order valence-electron chi connectivity index (χ0n) is 7.17. The maximum absolute atomic E-state index is 12.3. The minimum atomic E-state index is -4.51. The zero-order valence-corrected chi connectivity index (χ0v) is 7.17. The number of nitrogens with two attached hydrogens (primary N) is 1. The molecule has 2 rings (SSSR count). The average Bonchev–Trinajstić information content (AvgIpc) is 2.83. The summed E-state index contributed by atoms with van der Waals surface area (Å²) in [4.78, 5) is 6.61. The van der Waals surface area contributed by atoms with Crippen molar-refractivity contribution in [2.75, 3.05) is 5.73 Å². The van der Waals surface area contributed by atoms with Crippen molar-refractivity contribution in [3.05, 3.63) is 17.6 Å². The third-order valence-corrected chi connectivity index (χ3v) is 2.01. The Balaban J connectivity index is 2.41. The summed E-state index contributed by atoms with van der Waals surface area (Å²) in [5, 5.41) is 0. The van der Waals surface area contributed by atoms with Crippen molar-refractivity contribution in [2.45, 2.75) is 24.9 Å². The van der Waals surface area contributed by atoms with Crippen LogP contribution in [0.15, 0.2) is 6.07 Å². The number of hydrogen-bond acceptors (Lipinski definition) is 3. The number of halogens is 3. The van der Waals surface area contributed by atoms with Crippen LogP contribution in [0.5, 0.6) is 0 Å². The van der Waals surface area contributed by atoms with Crippen LogP contribution in [0.4, 0.5) is 19.0 Å². The predicted molar refractivity (Wildman–Crippen MR) is 43.4 cm³/mol. The van der Waals surface area contributed by atoms with Gasteiger partial charge in [0.05, 0.1) is 0 Å². The van der Waals surface area contributed by atoms with Crippen molar-refractivity contribution in [1.29, 1.82) is 0 Å². The summed E-state index contributed by atoms with van der Waals surface area (Å²) < 4.78 is 36.8. The van der Waals surface area contributed by atoms with Crippen LogP contribution in [0, 0.1) is 0 Å². The third kappa shape index (κ3) is 1.78. The lowest BCUT2D eigenvalue weighted by Crippen LogP contribution is -2.13. The fraction of sp³-hybridized carbons (Fsp3) is 0.500. The molecule has 2 N–H and O–H groups in total. The van der Waals surface area contributed by atoms with Crippen LogP contribution in [0.1, 0.15) is 30.3 Å². The highest BCUT2D eigenvalue weighted by molar-refractivity contribution is 5.33. The van der Waals surface area contributed by atoms with Gasteiger partial charge in [0.2, 0.25) is 5.82 Å². The van der Waals surface area contributed by atoms with Crippen LogP contribution in [0.25, 0.3) is 0 Å². The summed E-state index contributed by atoms with van der Waals surface area (Å²) >= 11 is 0. The maximum atomic E-state index is 12.3. The van der Waals surface area contributed by atoms with Crippen molar-refractivity contribution in [2.24, 2.45) is 0 Å². The largest absolute Gasteiger partial charge is 0.451 e. The quantitative estimate of drug-likeness (QED) is 0.758. The fourth-order valence-corrected chi connectivity index (χ4v) is 1.20. The molecule has 1 aliphatic rings. The first-order valence-electron chi connectivity index (χ1n) is 4.18. The first-order chi connectivity index (χ1) is 6.47. The second-order valence-corrected chi connectivity index (χ2v) is 3.31. The molecule has 76 valence electrons. The predicted octanol–water partition coefficient (Wildman–Crippen LogP) is 1.96. The number of nitrogen functional groups attached to an aromatic ring is 1. The van der Waals surface area contributed by atoms with Crippen molar-refractivity contribution in [3.8, 4) is 0 Å². The number of hydrogen-bond donors (Lipinski definition) is 1. The Labute approximate surface area is 78.2 Å². The Kier molecular flexibility index (Phi) is 1.87. The highest BCUT2D eigenvalue weighted by atomic mass is 19.4.